The van der Waals surface area contributed by atoms with Crippen LogP contribution in [0.1, 0.15) is 0 Å². The molecule has 0 saturated carbocycles. The number of rotatable bonds is 2. The van der Waals surface area contributed by atoms with Crippen LogP contribution in [-0.4, -0.2) is 19.8 Å². The number of cyclic esters (lactones) is 1. The molecule has 0 spiro atoms. The van der Waals surface area contributed by atoms with Crippen molar-refractivity contribution >= 4 is 50.6 Å². The molecule has 0 aromatic heterocycles. The first-order valence-electron chi connectivity index (χ1n) is 4.59. The first-order chi connectivity index (χ1) is 8.34. The van der Waals surface area contributed by atoms with Crippen LogP contribution in [0, 0.1) is 0 Å². The molecule has 1 aliphatic rings. The molecule has 1 aromatic rings. The molecule has 1 aliphatic heterocycles. The second kappa shape index (κ2) is 4.74. The fraction of sp³-hybridized carbons (Fsp3) is 0.100. The molecule has 0 N–H and O–H groups in total. The van der Waals surface area contributed by atoms with Crippen molar-refractivity contribution in [3.63, 3.8) is 0 Å². The van der Waals surface area contributed by atoms with Crippen LogP contribution >= 0.6 is 34.8 Å². The van der Waals surface area contributed by atoms with E-state index in [-0.39, 0.29) is 9.93 Å². The summed E-state index contributed by atoms with van der Waals surface area (Å²) >= 11 is 16.9. The van der Waals surface area contributed by atoms with Crippen molar-refractivity contribution in [3.05, 3.63) is 39.4 Å². The van der Waals surface area contributed by atoms with Gasteiger partial charge in [0, 0.05) is 5.02 Å². The molecule has 0 amide bonds. The van der Waals surface area contributed by atoms with E-state index in [1.807, 2.05) is 0 Å². The van der Waals surface area contributed by atoms with Crippen molar-refractivity contribution in [1.82, 2.24) is 0 Å². The highest BCUT2D eigenvalue weighted by molar-refractivity contribution is 7.92. The molecule has 1 aromatic carbocycles. The highest BCUT2D eigenvalue weighted by Gasteiger charge is 2.42. The number of ether oxygens (including phenoxy) is 1. The Hall–Kier alpha value is -0.750. The minimum atomic E-state index is -3.95. The van der Waals surface area contributed by atoms with E-state index in [4.69, 9.17) is 34.8 Å². The standard InChI is InChI=1S/C10H5Cl3O4S/c11-5-1-3-6(4-2-5)18(15,16)10-8(13)7(12)9(14)17-10/h1-4,10H/t10-/m0/s1. The van der Waals surface area contributed by atoms with E-state index >= 15 is 0 Å². The van der Waals surface area contributed by atoms with Gasteiger partial charge in [-0.3, -0.25) is 0 Å². The summed E-state index contributed by atoms with van der Waals surface area (Å²) in [6.45, 7) is 0. The first kappa shape index (κ1) is 13.7. The minimum absolute atomic E-state index is 0.0609. The van der Waals surface area contributed by atoms with Crippen LogP contribution in [0.4, 0.5) is 0 Å². The quantitative estimate of drug-likeness (QED) is 0.784. The van der Waals surface area contributed by atoms with Crippen molar-refractivity contribution in [3.8, 4) is 0 Å². The molecule has 96 valence electrons. The summed E-state index contributed by atoms with van der Waals surface area (Å²) in [6, 6.07) is 5.40. The Morgan fingerprint density at radius 3 is 2.06 bits per heavy atom. The summed E-state index contributed by atoms with van der Waals surface area (Å²) < 4.78 is 28.9. The summed E-state index contributed by atoms with van der Waals surface area (Å²) in [6.07, 6.45) is 0. The van der Waals surface area contributed by atoms with E-state index in [1.165, 1.54) is 24.3 Å². The normalized spacial score (nSPS) is 20.2. The lowest BCUT2D eigenvalue weighted by molar-refractivity contribution is -0.136. The highest BCUT2D eigenvalue weighted by atomic mass is 35.5. The van der Waals surface area contributed by atoms with E-state index in [2.05, 4.69) is 4.74 Å². The summed E-state index contributed by atoms with van der Waals surface area (Å²) in [7, 11) is -3.95. The Balaban J connectivity index is 2.45. The monoisotopic (exact) mass is 326 g/mol. The maximum Gasteiger partial charge on any atom is 0.352 e. The maximum absolute atomic E-state index is 12.1. The van der Waals surface area contributed by atoms with Gasteiger partial charge in [0.2, 0.25) is 15.3 Å². The van der Waals surface area contributed by atoms with Crippen molar-refractivity contribution in [2.45, 2.75) is 10.3 Å². The van der Waals surface area contributed by atoms with Crippen LogP contribution in [-0.2, 0) is 19.4 Å². The summed E-state index contributed by atoms with van der Waals surface area (Å²) in [5.41, 5.74) is -1.60. The summed E-state index contributed by atoms with van der Waals surface area (Å²) in [4.78, 5) is 11.1. The van der Waals surface area contributed by atoms with Gasteiger partial charge in [0.15, 0.2) is 0 Å². The molecule has 0 fully saturated rings. The van der Waals surface area contributed by atoms with Gasteiger partial charge in [0.05, 0.1) is 4.90 Å². The van der Waals surface area contributed by atoms with Gasteiger partial charge < -0.3 is 4.74 Å². The zero-order valence-corrected chi connectivity index (χ0v) is 11.6. The molecule has 0 aliphatic carbocycles. The lowest BCUT2D eigenvalue weighted by Crippen LogP contribution is -2.22. The summed E-state index contributed by atoms with van der Waals surface area (Å²) in [5.74, 6) is -0.954. The molecule has 4 nitrogen and oxygen atoms in total. The van der Waals surface area contributed by atoms with Crippen molar-refractivity contribution in [2.75, 3.05) is 0 Å². The number of halogens is 3. The van der Waals surface area contributed by atoms with Gasteiger partial charge in [0.1, 0.15) is 10.1 Å². The zero-order valence-electron chi connectivity index (χ0n) is 8.56. The zero-order chi connectivity index (χ0) is 13.5. The van der Waals surface area contributed by atoms with Crippen molar-refractivity contribution in [2.24, 2.45) is 0 Å². The average Bonchev–Trinajstić information content (AvgIpc) is 2.58. The van der Waals surface area contributed by atoms with Crippen LogP contribution < -0.4 is 0 Å². The van der Waals surface area contributed by atoms with Gasteiger partial charge in [-0.25, -0.2) is 13.2 Å². The molecule has 0 bridgehead atoms. The molecule has 18 heavy (non-hydrogen) atoms. The second-order valence-corrected chi connectivity index (χ2v) is 6.61. The molecule has 0 saturated heterocycles. The fourth-order valence-electron chi connectivity index (χ4n) is 1.35. The largest absolute Gasteiger partial charge is 0.435 e. The van der Waals surface area contributed by atoms with Crippen LogP contribution in [0.25, 0.3) is 0 Å². The smallest absolute Gasteiger partial charge is 0.352 e. The Morgan fingerprint density at radius 1 is 1.06 bits per heavy atom. The number of hydrogen-bond donors (Lipinski definition) is 0. The molecule has 2 rings (SSSR count). The van der Waals surface area contributed by atoms with Gasteiger partial charge in [0.25, 0.3) is 0 Å². The van der Waals surface area contributed by atoms with Crippen LogP contribution in [0.5, 0.6) is 0 Å². The number of carbonyl (C=O) groups is 1. The molecular formula is C10H5Cl3O4S. The van der Waals surface area contributed by atoms with E-state index in [0.717, 1.165) is 0 Å². The molecule has 0 radical (unpaired) electrons. The van der Waals surface area contributed by atoms with E-state index < -0.39 is 26.3 Å². The molecule has 1 heterocycles. The number of carbonyl (C=O) groups excluding carboxylic acids is 1. The van der Waals surface area contributed by atoms with Crippen LogP contribution in [0.3, 0.4) is 0 Å². The van der Waals surface area contributed by atoms with Crippen molar-refractivity contribution < 1.29 is 17.9 Å². The predicted octanol–water partition coefficient (Wildman–Crippen LogP) is 2.69. The fourth-order valence-corrected chi connectivity index (χ4v) is 3.52. The predicted molar refractivity (Wildman–Crippen MR) is 67.2 cm³/mol. The Kier molecular flexibility index (Phi) is 3.60. The van der Waals surface area contributed by atoms with Gasteiger partial charge >= 0.3 is 5.97 Å². The highest BCUT2D eigenvalue weighted by Crippen LogP contribution is 2.34. The van der Waals surface area contributed by atoms with Crippen molar-refractivity contribution in [1.29, 1.82) is 0 Å². The van der Waals surface area contributed by atoms with Gasteiger partial charge in [-0.15, -0.1) is 0 Å². The molecular weight excluding hydrogens is 323 g/mol. The molecule has 0 unspecified atom stereocenters. The number of sulfone groups is 1. The number of benzene rings is 1. The lowest BCUT2D eigenvalue weighted by atomic mass is 10.4. The van der Waals surface area contributed by atoms with E-state index in [0.29, 0.717) is 5.02 Å². The second-order valence-electron chi connectivity index (χ2n) is 3.40. The minimum Gasteiger partial charge on any atom is -0.435 e. The van der Waals surface area contributed by atoms with Gasteiger partial charge in [-0.2, -0.15) is 0 Å². The average molecular weight is 328 g/mol. The van der Waals surface area contributed by atoms with Crippen LogP contribution in [0.15, 0.2) is 39.2 Å². The topological polar surface area (TPSA) is 60.4 Å². The summed E-state index contributed by atoms with van der Waals surface area (Å²) in [5, 5.41) is -0.368. The number of esters is 1. The lowest BCUT2D eigenvalue weighted by Gasteiger charge is -2.11. The van der Waals surface area contributed by atoms with Crippen LogP contribution in [0.2, 0.25) is 5.02 Å². The molecule has 1 atom stereocenters. The maximum atomic E-state index is 12.1. The Morgan fingerprint density at radius 2 is 1.61 bits per heavy atom. The third-order valence-corrected chi connectivity index (χ3v) is 5.28. The van der Waals surface area contributed by atoms with Gasteiger partial charge in [-0.05, 0) is 24.3 Å². The van der Waals surface area contributed by atoms with E-state index in [1.54, 1.807) is 0 Å². The third kappa shape index (κ3) is 2.23. The molecule has 8 heteroatoms. The first-order valence-corrected chi connectivity index (χ1v) is 7.27. The van der Waals surface area contributed by atoms with E-state index in [9.17, 15) is 13.2 Å². The SMILES string of the molecule is O=C1O[C@@H](S(=O)(=O)c2ccc(Cl)cc2)C(Cl)=C1Cl. The third-order valence-electron chi connectivity index (χ3n) is 2.23. The van der Waals surface area contributed by atoms with Gasteiger partial charge in [-0.1, -0.05) is 34.8 Å². The Bertz CT molecular complexity index is 634. The number of hydrogen-bond acceptors (Lipinski definition) is 4. The Labute approximate surface area is 118 Å².